The molecule has 0 amide bonds. The van der Waals surface area contributed by atoms with Crippen LogP contribution in [0.1, 0.15) is 142 Å². The highest BCUT2D eigenvalue weighted by molar-refractivity contribution is 5.77. The van der Waals surface area contributed by atoms with Crippen molar-refractivity contribution in [2.45, 2.75) is 142 Å². The van der Waals surface area contributed by atoms with Crippen LogP contribution in [0, 0.1) is 11.3 Å². The Kier molecular flexibility index (Phi) is 56.8. The lowest BCUT2D eigenvalue weighted by atomic mass is 9.95. The standard InChI is InChI=1S/2C9H16O4.2C8H14O4.C7H12O4.C6H10O4/c1-5-12-8(11)9(3,4)6-13-7(2)10;1-3-12-9(11)6-4-5-7-13-8(2)10;1-4-11-8(10)6(2)5-12-7(3)9;1-3-11-8(10)5-4-6-12-7(2)9;1-3-10-7(9)4-5-11-6(2)8;1-3-9-6(8)4-10-5(2)7/h5-6H2,1-4H3;3-7H2,1-2H3;6H,4-5H2,1-3H3;3-6H2,1-2H3;3-5H2,1-2H3;3-4H2,1-2H3. The maximum absolute atomic E-state index is 11.3. The van der Waals surface area contributed by atoms with Gasteiger partial charge < -0.3 is 56.8 Å². The van der Waals surface area contributed by atoms with Gasteiger partial charge in [-0.25, -0.2) is 4.79 Å². The van der Waals surface area contributed by atoms with E-state index in [0.29, 0.717) is 78.4 Å². The third kappa shape index (κ3) is 70.3. The fourth-order valence-corrected chi connectivity index (χ4v) is 3.62. The molecule has 0 N–H and O–H groups in total. The predicted molar refractivity (Wildman–Crippen MR) is 250 cm³/mol. The smallest absolute Gasteiger partial charge is 0.344 e. The number of ether oxygens (including phenoxy) is 12. The molecule has 0 saturated carbocycles. The first-order valence-electron chi connectivity index (χ1n) is 22.9. The molecule has 1 atom stereocenters. The van der Waals surface area contributed by atoms with Crippen molar-refractivity contribution in [3.05, 3.63) is 0 Å². The summed E-state index contributed by atoms with van der Waals surface area (Å²) in [5.74, 6) is -4.59. The van der Waals surface area contributed by atoms with Crippen molar-refractivity contribution >= 4 is 71.6 Å². The molecule has 0 bridgehead atoms. The number of rotatable bonds is 26. The Hall–Kier alpha value is -6.36. The van der Waals surface area contributed by atoms with Gasteiger partial charge in [-0.3, -0.25) is 52.7 Å². The third-order valence-corrected chi connectivity index (χ3v) is 6.83. The topological polar surface area (TPSA) is 316 Å². The van der Waals surface area contributed by atoms with E-state index in [-0.39, 0.29) is 99.1 Å². The molecular formula is C47H82O24. The van der Waals surface area contributed by atoms with Gasteiger partial charge in [0.2, 0.25) is 0 Å². The summed E-state index contributed by atoms with van der Waals surface area (Å²) in [5, 5.41) is 0. The third-order valence-electron chi connectivity index (χ3n) is 6.83. The lowest BCUT2D eigenvalue weighted by molar-refractivity contribution is -0.161. The molecule has 0 radical (unpaired) electrons. The summed E-state index contributed by atoms with van der Waals surface area (Å²) in [6.07, 6.45) is 2.77. The van der Waals surface area contributed by atoms with Gasteiger partial charge in [0.05, 0.1) is 70.6 Å². The van der Waals surface area contributed by atoms with E-state index in [9.17, 15) is 57.5 Å². The van der Waals surface area contributed by atoms with E-state index in [2.05, 4.69) is 33.2 Å². The van der Waals surface area contributed by atoms with Gasteiger partial charge in [-0.1, -0.05) is 0 Å². The van der Waals surface area contributed by atoms with E-state index in [4.69, 9.17) is 23.7 Å². The van der Waals surface area contributed by atoms with Crippen LogP contribution in [0.2, 0.25) is 0 Å². The SMILES string of the molecule is CCOC(=O)C(C)(C)COC(C)=O.CCOC(=O)C(C)COC(C)=O.CCOC(=O)CCCCOC(C)=O.CCOC(=O)CCCOC(C)=O.CCOC(=O)CCOC(C)=O.CCOC(=O)COC(C)=O. The summed E-state index contributed by atoms with van der Waals surface area (Å²) in [6, 6.07) is 0. The minimum atomic E-state index is -0.762. The van der Waals surface area contributed by atoms with Gasteiger partial charge in [0.15, 0.2) is 6.61 Å². The number of esters is 12. The first-order valence-corrected chi connectivity index (χ1v) is 22.9. The number of hydrogen-bond acceptors (Lipinski definition) is 24. The Morgan fingerprint density at radius 2 is 0.718 bits per heavy atom. The van der Waals surface area contributed by atoms with Crippen LogP contribution in [0.3, 0.4) is 0 Å². The second-order valence-electron chi connectivity index (χ2n) is 14.2. The molecule has 24 nitrogen and oxygen atoms in total. The molecule has 0 aromatic carbocycles. The van der Waals surface area contributed by atoms with Crippen molar-refractivity contribution < 1.29 is 114 Å². The van der Waals surface area contributed by atoms with E-state index in [1.165, 1.54) is 41.5 Å². The Bertz CT molecular complexity index is 1520. The summed E-state index contributed by atoms with van der Waals surface area (Å²) in [6.45, 7) is 26.1. The van der Waals surface area contributed by atoms with Crippen molar-refractivity contribution in [3.63, 3.8) is 0 Å². The highest BCUT2D eigenvalue weighted by atomic mass is 16.6. The van der Waals surface area contributed by atoms with Gasteiger partial charge in [0.25, 0.3) is 0 Å². The highest BCUT2D eigenvalue weighted by Crippen LogP contribution is 2.17. The summed E-state index contributed by atoms with van der Waals surface area (Å²) >= 11 is 0. The number of unbranched alkanes of at least 4 members (excludes halogenated alkanes) is 1. The lowest BCUT2D eigenvalue weighted by Gasteiger charge is -2.21. The van der Waals surface area contributed by atoms with Crippen LogP contribution in [-0.4, -0.2) is 151 Å². The van der Waals surface area contributed by atoms with Crippen LogP contribution in [0.5, 0.6) is 0 Å². The van der Waals surface area contributed by atoms with Crippen LogP contribution in [0.15, 0.2) is 0 Å². The van der Waals surface area contributed by atoms with Gasteiger partial charge in [-0.05, 0) is 81.6 Å². The highest BCUT2D eigenvalue weighted by Gasteiger charge is 2.30. The molecule has 0 rings (SSSR count). The molecule has 0 aromatic rings. The molecular weight excluding hydrogens is 948 g/mol. The van der Waals surface area contributed by atoms with Crippen LogP contribution >= 0.6 is 0 Å². The summed E-state index contributed by atoms with van der Waals surface area (Å²) < 4.78 is 55.5. The molecule has 0 saturated heterocycles. The summed E-state index contributed by atoms with van der Waals surface area (Å²) in [7, 11) is 0. The van der Waals surface area contributed by atoms with Gasteiger partial charge in [-0.2, -0.15) is 0 Å². The zero-order valence-electron chi connectivity index (χ0n) is 44.6. The van der Waals surface area contributed by atoms with Crippen LogP contribution in [-0.2, 0) is 114 Å². The van der Waals surface area contributed by atoms with Crippen LogP contribution in [0.4, 0.5) is 0 Å². The van der Waals surface area contributed by atoms with Crippen molar-refractivity contribution in [1.82, 2.24) is 0 Å². The molecule has 0 fully saturated rings. The Labute approximate surface area is 418 Å². The van der Waals surface area contributed by atoms with E-state index >= 15 is 0 Å². The average molecular weight is 1030 g/mol. The number of carbonyl (C=O) groups excluding carboxylic acids is 12. The number of carbonyl (C=O) groups is 12. The molecule has 24 heteroatoms. The fraction of sp³-hybridized carbons (Fsp3) is 0.745. The quantitative estimate of drug-likeness (QED) is 0.0645. The van der Waals surface area contributed by atoms with Gasteiger partial charge in [-0.15, -0.1) is 0 Å². The molecule has 1 unspecified atom stereocenters. The monoisotopic (exact) mass is 1030 g/mol. The van der Waals surface area contributed by atoms with E-state index in [1.807, 2.05) is 0 Å². The first kappa shape index (κ1) is 76.1. The molecule has 0 aliphatic rings. The first-order chi connectivity index (χ1) is 33.1. The normalized spacial score (nSPS) is 9.85. The van der Waals surface area contributed by atoms with E-state index in [1.54, 1.807) is 62.3 Å². The summed E-state index contributed by atoms with van der Waals surface area (Å²) in [4.78, 5) is 127. The summed E-state index contributed by atoms with van der Waals surface area (Å²) in [5.41, 5.74) is -0.762. The average Bonchev–Trinajstić information content (AvgIpc) is 3.27. The fourth-order valence-electron chi connectivity index (χ4n) is 3.62. The lowest BCUT2D eigenvalue weighted by Crippen LogP contribution is -2.32. The predicted octanol–water partition coefficient (Wildman–Crippen LogP) is 4.68. The van der Waals surface area contributed by atoms with E-state index in [0.717, 1.165) is 0 Å². The maximum Gasteiger partial charge on any atom is 0.344 e. The van der Waals surface area contributed by atoms with E-state index < -0.39 is 23.3 Å². The zero-order chi connectivity index (χ0) is 56.2. The van der Waals surface area contributed by atoms with Crippen LogP contribution in [0.25, 0.3) is 0 Å². The zero-order valence-corrected chi connectivity index (χ0v) is 44.6. The van der Waals surface area contributed by atoms with Crippen molar-refractivity contribution in [1.29, 1.82) is 0 Å². The number of hydrogen-bond donors (Lipinski definition) is 0. The molecule has 0 aliphatic heterocycles. The molecule has 0 aromatic heterocycles. The van der Waals surface area contributed by atoms with Crippen molar-refractivity contribution in [2.75, 3.05) is 79.3 Å². The maximum atomic E-state index is 11.3. The van der Waals surface area contributed by atoms with Gasteiger partial charge >= 0.3 is 71.6 Å². The second kappa shape index (κ2) is 53.0. The van der Waals surface area contributed by atoms with Crippen molar-refractivity contribution in [3.8, 4) is 0 Å². The van der Waals surface area contributed by atoms with Gasteiger partial charge in [0.1, 0.15) is 19.8 Å². The minimum absolute atomic E-state index is 0.0567. The Balaban J connectivity index is -0.000000179. The van der Waals surface area contributed by atoms with Crippen LogP contribution < -0.4 is 0 Å². The Morgan fingerprint density at radius 3 is 1.11 bits per heavy atom. The largest absolute Gasteiger partial charge is 0.466 e. The molecule has 0 spiro atoms. The molecule has 0 aliphatic carbocycles. The van der Waals surface area contributed by atoms with Gasteiger partial charge in [0, 0.05) is 54.4 Å². The molecule has 71 heavy (non-hydrogen) atoms. The minimum Gasteiger partial charge on any atom is -0.466 e. The molecule has 414 valence electrons. The molecule has 0 heterocycles. The van der Waals surface area contributed by atoms with Crippen molar-refractivity contribution in [2.24, 2.45) is 11.3 Å². The second-order valence-corrected chi connectivity index (χ2v) is 14.2. The Morgan fingerprint density at radius 1 is 0.366 bits per heavy atom.